The summed E-state index contributed by atoms with van der Waals surface area (Å²) in [7, 11) is 0. The van der Waals surface area contributed by atoms with Crippen LogP contribution in [0.5, 0.6) is 23.0 Å². The molecule has 0 amide bonds. The maximum absolute atomic E-state index is 6.70. The van der Waals surface area contributed by atoms with Crippen LogP contribution in [0.15, 0.2) is 189 Å². The molecule has 0 unspecified atom stereocenters. The first-order valence-corrected chi connectivity index (χ1v) is 28.0. The summed E-state index contributed by atoms with van der Waals surface area (Å²) >= 11 is 5.58. The predicted octanol–water partition coefficient (Wildman–Crippen LogP) is 12.8. The lowest BCUT2D eigenvalue weighted by Crippen LogP contribution is -2.58. The Morgan fingerprint density at radius 3 is 1.53 bits per heavy atom. The van der Waals surface area contributed by atoms with Crippen LogP contribution in [0.4, 0.5) is 0 Å². The van der Waals surface area contributed by atoms with Crippen molar-refractivity contribution in [2.75, 3.05) is 0 Å². The van der Waals surface area contributed by atoms with Crippen LogP contribution in [0.1, 0.15) is 33.4 Å². The SMILES string of the molecule is Cc1cc(C)c(-c2cnn(-c3ccc4c(c3)B3c5cc(-c6csc(-c7ccc8c(c7)B7c9cc(-n%10cc(-c%11c(C)cc(C)cc%11C)cn%10)ccc9Sc9cccc(c97)S8)c6)ccc5Oc5cccc(c53)O4)c2)c(C)c1. The normalized spacial score (nSPS) is 13.3. The molecule has 7 heterocycles. The molecular weight excluding hydrogens is 975 g/mol. The molecule has 0 spiro atoms. The lowest BCUT2D eigenvalue weighted by Gasteiger charge is -2.33. The summed E-state index contributed by atoms with van der Waals surface area (Å²) in [6.45, 7) is 13.1. The van der Waals surface area contributed by atoms with Gasteiger partial charge in [0, 0.05) is 53.4 Å². The van der Waals surface area contributed by atoms with Crippen LogP contribution < -0.4 is 42.3 Å². The van der Waals surface area contributed by atoms with Gasteiger partial charge < -0.3 is 9.47 Å². The Morgan fingerprint density at radius 1 is 0.413 bits per heavy atom. The number of fused-ring (bicyclic) bond motifs is 8. The van der Waals surface area contributed by atoms with Gasteiger partial charge in [-0.15, -0.1) is 11.3 Å². The standard InChI is InChI=1S/C64H46B2N4O2S3/c1-35-21-37(3)61(38(4)22-35)44-30-67-69(32-44)46-15-18-53-49(28-46)65-48-25-41(13-17-52(48)71-54-9-7-10-55(72-53)63(54)65)43-27-60(73-34-43)42-14-19-56-50(26-42)66-51-29-47(16-20-57(51)75-59-12-8-11-58(74-56)64(59)66)70-33-45(31-68-70)62-39(5)23-36(2)24-40(62)6/h7-34H,1-6H3. The number of nitrogens with zero attached hydrogens (tertiary/aromatic N) is 4. The molecule has 15 rings (SSSR count). The van der Waals surface area contributed by atoms with Crippen LogP contribution >= 0.6 is 34.9 Å². The number of hydrogen-bond donors (Lipinski definition) is 0. The highest BCUT2D eigenvalue weighted by Gasteiger charge is 2.41. The van der Waals surface area contributed by atoms with Gasteiger partial charge in [0.1, 0.15) is 23.0 Å². The molecule has 0 fully saturated rings. The summed E-state index contributed by atoms with van der Waals surface area (Å²) in [6, 6.07) is 51.5. The molecule has 0 aliphatic carbocycles. The number of rotatable bonds is 6. The maximum atomic E-state index is 6.70. The number of aromatic nitrogens is 4. The third-order valence-corrected chi connectivity index (χ3v) is 18.9. The third kappa shape index (κ3) is 7.19. The Hall–Kier alpha value is -7.69. The summed E-state index contributed by atoms with van der Waals surface area (Å²) in [4.78, 5) is 6.50. The molecule has 11 heteroatoms. The van der Waals surface area contributed by atoms with Gasteiger partial charge in [-0.3, -0.25) is 0 Å². The zero-order valence-electron chi connectivity index (χ0n) is 42.2. The monoisotopic (exact) mass is 1020 g/mol. The lowest BCUT2D eigenvalue weighted by molar-refractivity contribution is 0.464. The highest BCUT2D eigenvalue weighted by Crippen LogP contribution is 2.42. The highest BCUT2D eigenvalue weighted by molar-refractivity contribution is 8.01. The Bertz CT molecular complexity index is 3920. The molecule has 0 saturated heterocycles. The molecule has 0 N–H and O–H groups in total. The molecule has 4 aliphatic rings. The number of thiophene rings is 1. The second kappa shape index (κ2) is 16.9. The predicted molar refractivity (Wildman–Crippen MR) is 312 cm³/mol. The van der Waals surface area contributed by atoms with E-state index in [0.29, 0.717) is 0 Å². The van der Waals surface area contributed by atoms with E-state index in [1.54, 1.807) is 11.3 Å². The Kier molecular flexibility index (Phi) is 10.1. The molecule has 0 radical (unpaired) electrons. The Balaban J connectivity index is 0.778. The number of aryl methyl sites for hydroxylation is 6. The topological polar surface area (TPSA) is 54.1 Å². The molecule has 3 aromatic heterocycles. The quantitative estimate of drug-likeness (QED) is 0.155. The van der Waals surface area contributed by atoms with E-state index in [-0.39, 0.29) is 13.4 Å². The van der Waals surface area contributed by atoms with E-state index < -0.39 is 0 Å². The molecule has 11 aromatic rings. The minimum atomic E-state index is -0.0989. The van der Waals surface area contributed by atoms with Crippen LogP contribution in [0.3, 0.4) is 0 Å². The van der Waals surface area contributed by atoms with Gasteiger partial charge in [0.15, 0.2) is 0 Å². The molecule has 75 heavy (non-hydrogen) atoms. The first-order chi connectivity index (χ1) is 36.6. The molecule has 8 aromatic carbocycles. The van der Waals surface area contributed by atoms with E-state index in [9.17, 15) is 0 Å². The van der Waals surface area contributed by atoms with Gasteiger partial charge in [0.25, 0.3) is 6.71 Å². The lowest BCUT2D eigenvalue weighted by atomic mass is 9.34. The molecule has 0 atom stereocenters. The molecule has 0 bridgehead atoms. The second-order valence-electron chi connectivity index (χ2n) is 20.7. The summed E-state index contributed by atoms with van der Waals surface area (Å²) < 4.78 is 17.4. The summed E-state index contributed by atoms with van der Waals surface area (Å²) in [6.07, 6.45) is 8.33. The highest BCUT2D eigenvalue weighted by atomic mass is 32.2. The molecular formula is C64H46B2N4O2S3. The minimum absolute atomic E-state index is 0.0906. The van der Waals surface area contributed by atoms with Crippen molar-refractivity contribution < 1.29 is 9.47 Å². The molecule has 4 aliphatic heterocycles. The molecule has 358 valence electrons. The van der Waals surface area contributed by atoms with E-state index in [4.69, 9.17) is 19.7 Å². The van der Waals surface area contributed by atoms with Crippen molar-refractivity contribution in [1.29, 1.82) is 0 Å². The van der Waals surface area contributed by atoms with E-state index in [2.05, 4.69) is 197 Å². The van der Waals surface area contributed by atoms with E-state index in [1.165, 1.54) is 96.5 Å². The van der Waals surface area contributed by atoms with Gasteiger partial charge in [0.2, 0.25) is 6.71 Å². The van der Waals surface area contributed by atoms with Crippen molar-refractivity contribution >= 4 is 81.1 Å². The molecule has 0 saturated carbocycles. The summed E-state index contributed by atoms with van der Waals surface area (Å²) in [5.41, 5.74) is 25.3. The fourth-order valence-electron chi connectivity index (χ4n) is 12.6. The van der Waals surface area contributed by atoms with Gasteiger partial charge >= 0.3 is 0 Å². The number of hydrogen-bond acceptors (Lipinski definition) is 7. The van der Waals surface area contributed by atoms with Gasteiger partial charge in [0.05, 0.1) is 23.8 Å². The Morgan fingerprint density at radius 2 is 0.907 bits per heavy atom. The van der Waals surface area contributed by atoms with E-state index >= 15 is 0 Å². The van der Waals surface area contributed by atoms with Crippen molar-refractivity contribution in [2.24, 2.45) is 0 Å². The van der Waals surface area contributed by atoms with Gasteiger partial charge in [-0.05, 0) is 192 Å². The first kappa shape index (κ1) is 44.8. The summed E-state index contributed by atoms with van der Waals surface area (Å²) in [5.74, 6) is 3.36. The van der Waals surface area contributed by atoms with E-state index in [0.717, 1.165) is 67.5 Å². The van der Waals surface area contributed by atoms with Crippen LogP contribution in [-0.4, -0.2) is 33.0 Å². The summed E-state index contributed by atoms with van der Waals surface area (Å²) in [5, 5.41) is 12.2. The number of ether oxygens (including phenoxy) is 2. The van der Waals surface area contributed by atoms with Crippen LogP contribution in [0.25, 0.3) is 55.2 Å². The van der Waals surface area contributed by atoms with Crippen LogP contribution in [-0.2, 0) is 0 Å². The molecule has 6 nitrogen and oxygen atoms in total. The van der Waals surface area contributed by atoms with Crippen molar-refractivity contribution in [1.82, 2.24) is 19.6 Å². The van der Waals surface area contributed by atoms with Gasteiger partial charge in [-0.1, -0.05) is 106 Å². The van der Waals surface area contributed by atoms with Crippen molar-refractivity contribution in [3.63, 3.8) is 0 Å². The fourth-order valence-corrected chi connectivity index (χ4v) is 15.8. The fraction of sp³-hybridized carbons (Fsp3) is 0.0938. The average Bonchev–Trinajstić information content (AvgIpc) is 4.22. The average molecular weight is 1020 g/mol. The Labute approximate surface area is 449 Å². The zero-order valence-corrected chi connectivity index (χ0v) is 44.6. The minimum Gasteiger partial charge on any atom is -0.458 e. The van der Waals surface area contributed by atoms with Gasteiger partial charge in [-0.2, -0.15) is 10.2 Å². The van der Waals surface area contributed by atoms with Crippen molar-refractivity contribution in [3.8, 4) is 78.2 Å². The van der Waals surface area contributed by atoms with Crippen LogP contribution in [0.2, 0.25) is 0 Å². The zero-order chi connectivity index (χ0) is 50.4. The van der Waals surface area contributed by atoms with Crippen LogP contribution in [0, 0.1) is 41.5 Å². The smallest absolute Gasteiger partial charge is 0.260 e. The first-order valence-electron chi connectivity index (χ1n) is 25.5. The maximum Gasteiger partial charge on any atom is 0.260 e. The van der Waals surface area contributed by atoms with E-state index in [1.807, 2.05) is 46.7 Å². The largest absolute Gasteiger partial charge is 0.458 e. The van der Waals surface area contributed by atoms with Crippen molar-refractivity contribution in [3.05, 3.63) is 203 Å². The van der Waals surface area contributed by atoms with Gasteiger partial charge in [-0.25, -0.2) is 9.36 Å². The number of benzene rings is 8. The van der Waals surface area contributed by atoms with Crippen molar-refractivity contribution in [2.45, 2.75) is 61.1 Å². The second-order valence-corrected chi connectivity index (χ2v) is 23.7. The third-order valence-electron chi connectivity index (χ3n) is 15.6.